The van der Waals surface area contributed by atoms with Gasteiger partial charge in [-0.3, -0.25) is 0 Å². The molecule has 0 amide bonds. The number of benzene rings is 1. The van der Waals surface area contributed by atoms with Gasteiger partial charge in [0.05, 0.1) is 5.69 Å². The lowest BCUT2D eigenvalue weighted by atomic mass is 9.96. The van der Waals surface area contributed by atoms with Gasteiger partial charge in [0.15, 0.2) is 0 Å². The Bertz CT molecular complexity index is 365. The first-order chi connectivity index (χ1) is 7.18. The molecule has 0 bridgehead atoms. The third-order valence-electron chi connectivity index (χ3n) is 2.81. The topological polar surface area (TPSA) is 38.0 Å². The number of halogens is 3. The van der Waals surface area contributed by atoms with Gasteiger partial charge in [-0.15, -0.1) is 12.4 Å². The maximum atomic E-state index is 6.07. The van der Waals surface area contributed by atoms with Crippen molar-refractivity contribution >= 4 is 50.0 Å². The lowest BCUT2D eigenvalue weighted by Gasteiger charge is -2.25. The van der Waals surface area contributed by atoms with Crippen LogP contribution in [0.5, 0.6) is 0 Å². The standard InChI is InChI=1S/C11H14Br2N2.ClH/c12-7-5-8(11(14)9(13)6-7)10-3-1-2-4-15-10;/h5-6,10,15H,1-4,14H2;1H/t10-;/m1./s1. The Balaban J connectivity index is 0.00000128. The normalized spacial score (nSPS) is 20.2. The van der Waals surface area contributed by atoms with Gasteiger partial charge in [0.1, 0.15) is 0 Å². The van der Waals surface area contributed by atoms with Crippen LogP contribution in [0.4, 0.5) is 5.69 Å². The molecule has 1 heterocycles. The summed E-state index contributed by atoms with van der Waals surface area (Å²) in [5, 5.41) is 3.51. The summed E-state index contributed by atoms with van der Waals surface area (Å²) in [4.78, 5) is 0. The van der Waals surface area contributed by atoms with Crippen molar-refractivity contribution in [2.24, 2.45) is 0 Å². The Labute approximate surface area is 119 Å². The highest BCUT2D eigenvalue weighted by molar-refractivity contribution is 9.11. The van der Waals surface area contributed by atoms with Crippen molar-refractivity contribution in [3.8, 4) is 0 Å². The minimum absolute atomic E-state index is 0. The lowest BCUT2D eigenvalue weighted by Crippen LogP contribution is -2.27. The van der Waals surface area contributed by atoms with Gasteiger partial charge in [-0.25, -0.2) is 0 Å². The second kappa shape index (κ2) is 6.24. The Morgan fingerprint density at radius 1 is 1.25 bits per heavy atom. The van der Waals surface area contributed by atoms with E-state index < -0.39 is 0 Å². The van der Waals surface area contributed by atoms with Crippen LogP contribution >= 0.6 is 44.3 Å². The maximum absolute atomic E-state index is 6.07. The van der Waals surface area contributed by atoms with Gasteiger partial charge in [0.25, 0.3) is 0 Å². The van der Waals surface area contributed by atoms with Crippen molar-refractivity contribution in [3.63, 3.8) is 0 Å². The van der Waals surface area contributed by atoms with E-state index in [0.717, 1.165) is 21.2 Å². The average molecular weight is 371 g/mol. The number of nitrogen functional groups attached to an aromatic ring is 1. The van der Waals surface area contributed by atoms with Crippen LogP contribution in [0.25, 0.3) is 0 Å². The molecule has 16 heavy (non-hydrogen) atoms. The third-order valence-corrected chi connectivity index (χ3v) is 3.93. The van der Waals surface area contributed by atoms with E-state index in [1.54, 1.807) is 0 Å². The van der Waals surface area contributed by atoms with Crippen molar-refractivity contribution in [3.05, 3.63) is 26.6 Å². The number of anilines is 1. The summed E-state index contributed by atoms with van der Waals surface area (Å²) in [6, 6.07) is 4.51. The van der Waals surface area contributed by atoms with E-state index in [1.165, 1.54) is 24.8 Å². The molecule has 0 unspecified atom stereocenters. The molecule has 2 rings (SSSR count). The van der Waals surface area contributed by atoms with E-state index in [4.69, 9.17) is 5.73 Å². The SMILES string of the molecule is Cl.Nc1c(Br)cc(Br)cc1[C@H]1CCCCN1. The summed E-state index contributed by atoms with van der Waals surface area (Å²) < 4.78 is 2.05. The van der Waals surface area contributed by atoms with Gasteiger partial charge in [-0.05, 0) is 53.0 Å². The average Bonchev–Trinajstić information content (AvgIpc) is 2.24. The van der Waals surface area contributed by atoms with Crippen molar-refractivity contribution in [1.29, 1.82) is 0 Å². The Kier molecular flexibility index (Phi) is 5.57. The molecule has 1 aliphatic rings. The second-order valence-corrected chi connectivity index (χ2v) is 5.66. The Hall–Kier alpha value is 0.230. The Morgan fingerprint density at radius 2 is 2.00 bits per heavy atom. The first-order valence-electron chi connectivity index (χ1n) is 5.16. The number of piperidine rings is 1. The first-order valence-corrected chi connectivity index (χ1v) is 6.75. The number of hydrogen-bond donors (Lipinski definition) is 2. The monoisotopic (exact) mass is 368 g/mol. The van der Waals surface area contributed by atoms with Gasteiger partial charge in [-0.1, -0.05) is 22.4 Å². The summed E-state index contributed by atoms with van der Waals surface area (Å²) in [6.45, 7) is 1.09. The van der Waals surface area contributed by atoms with Gasteiger partial charge in [0, 0.05) is 15.0 Å². The molecule has 1 aliphatic heterocycles. The van der Waals surface area contributed by atoms with Crippen LogP contribution in [0.1, 0.15) is 30.9 Å². The number of nitrogens with two attached hydrogens (primary N) is 1. The molecule has 1 saturated heterocycles. The zero-order valence-corrected chi connectivity index (χ0v) is 12.8. The van der Waals surface area contributed by atoms with E-state index in [-0.39, 0.29) is 12.4 Å². The quantitative estimate of drug-likeness (QED) is 0.733. The van der Waals surface area contributed by atoms with E-state index in [1.807, 2.05) is 6.07 Å². The highest BCUT2D eigenvalue weighted by Gasteiger charge is 2.18. The predicted octanol–water partition coefficient (Wildman–Crippen LogP) is 4.03. The van der Waals surface area contributed by atoms with Crippen LogP contribution in [0.3, 0.4) is 0 Å². The van der Waals surface area contributed by atoms with E-state index >= 15 is 0 Å². The molecule has 90 valence electrons. The van der Waals surface area contributed by atoms with Crippen molar-refractivity contribution < 1.29 is 0 Å². The summed E-state index contributed by atoms with van der Waals surface area (Å²) >= 11 is 6.98. The Morgan fingerprint density at radius 3 is 2.62 bits per heavy atom. The smallest absolute Gasteiger partial charge is 0.0507 e. The molecule has 1 fully saturated rings. The number of nitrogens with one attached hydrogen (secondary N) is 1. The first kappa shape index (κ1) is 14.3. The fourth-order valence-corrected chi connectivity index (χ4v) is 3.27. The molecule has 1 atom stereocenters. The third kappa shape index (κ3) is 3.13. The molecule has 0 radical (unpaired) electrons. The minimum atomic E-state index is 0. The highest BCUT2D eigenvalue weighted by atomic mass is 79.9. The zero-order chi connectivity index (χ0) is 10.8. The predicted molar refractivity (Wildman–Crippen MR) is 78.1 cm³/mol. The maximum Gasteiger partial charge on any atom is 0.0507 e. The molecule has 5 heteroatoms. The molecule has 3 N–H and O–H groups in total. The molecule has 0 aromatic heterocycles. The fraction of sp³-hybridized carbons (Fsp3) is 0.455. The second-order valence-electron chi connectivity index (χ2n) is 3.89. The van der Waals surface area contributed by atoms with Crippen LogP contribution in [0.15, 0.2) is 21.1 Å². The van der Waals surface area contributed by atoms with E-state index in [9.17, 15) is 0 Å². The summed E-state index contributed by atoms with van der Waals surface area (Å²) in [5.74, 6) is 0. The van der Waals surface area contributed by atoms with E-state index in [0.29, 0.717) is 6.04 Å². The molecule has 0 aliphatic carbocycles. The van der Waals surface area contributed by atoms with Crippen LogP contribution in [0, 0.1) is 0 Å². The van der Waals surface area contributed by atoms with Gasteiger partial charge in [-0.2, -0.15) is 0 Å². The lowest BCUT2D eigenvalue weighted by molar-refractivity contribution is 0.413. The van der Waals surface area contributed by atoms with Gasteiger partial charge < -0.3 is 11.1 Å². The summed E-state index contributed by atoms with van der Waals surface area (Å²) in [7, 11) is 0. The molecule has 2 nitrogen and oxygen atoms in total. The van der Waals surface area contributed by atoms with Crippen molar-refractivity contribution in [2.45, 2.75) is 25.3 Å². The number of rotatable bonds is 1. The summed E-state index contributed by atoms with van der Waals surface area (Å²) in [6.07, 6.45) is 3.72. The molecule has 1 aromatic rings. The molecule has 0 saturated carbocycles. The molecular weight excluding hydrogens is 355 g/mol. The molecular formula is C11H15Br2ClN2. The van der Waals surface area contributed by atoms with Crippen LogP contribution in [0.2, 0.25) is 0 Å². The van der Waals surface area contributed by atoms with E-state index in [2.05, 4.69) is 43.2 Å². The fourth-order valence-electron chi connectivity index (χ4n) is 2.01. The molecule has 0 spiro atoms. The van der Waals surface area contributed by atoms with Gasteiger partial charge in [0.2, 0.25) is 0 Å². The van der Waals surface area contributed by atoms with Crippen molar-refractivity contribution in [1.82, 2.24) is 5.32 Å². The zero-order valence-electron chi connectivity index (χ0n) is 8.80. The van der Waals surface area contributed by atoms with Gasteiger partial charge >= 0.3 is 0 Å². The van der Waals surface area contributed by atoms with Crippen LogP contribution in [-0.2, 0) is 0 Å². The van der Waals surface area contributed by atoms with Crippen LogP contribution < -0.4 is 11.1 Å². The highest BCUT2D eigenvalue weighted by Crippen LogP contribution is 2.34. The largest absolute Gasteiger partial charge is 0.398 e. The summed E-state index contributed by atoms with van der Waals surface area (Å²) in [5.41, 5.74) is 8.14. The molecule has 1 aromatic carbocycles. The minimum Gasteiger partial charge on any atom is -0.398 e. The van der Waals surface area contributed by atoms with Crippen molar-refractivity contribution in [2.75, 3.05) is 12.3 Å². The van der Waals surface area contributed by atoms with Crippen LogP contribution in [-0.4, -0.2) is 6.54 Å². The number of hydrogen-bond acceptors (Lipinski definition) is 2.